The summed E-state index contributed by atoms with van der Waals surface area (Å²) < 4.78 is 29.7. The van der Waals surface area contributed by atoms with E-state index in [-0.39, 0.29) is 25.6 Å². The molecule has 2 aliphatic heterocycles. The van der Waals surface area contributed by atoms with Crippen LogP contribution in [-0.2, 0) is 21.4 Å². The highest BCUT2D eigenvalue weighted by Crippen LogP contribution is 2.35. The zero-order valence-corrected chi connectivity index (χ0v) is 21.9. The zero-order valence-electron chi connectivity index (χ0n) is 21.1. The van der Waals surface area contributed by atoms with Crippen LogP contribution in [0.1, 0.15) is 56.9 Å². The van der Waals surface area contributed by atoms with E-state index in [0.717, 1.165) is 48.0 Å². The molecule has 2 aromatic rings. The number of piperidine rings is 1. The van der Waals surface area contributed by atoms with Crippen LogP contribution in [0.3, 0.4) is 0 Å². The molecule has 1 unspecified atom stereocenters. The van der Waals surface area contributed by atoms with Crippen molar-refractivity contribution in [2.45, 2.75) is 69.6 Å². The monoisotopic (exact) mass is 528 g/mol. The van der Waals surface area contributed by atoms with Crippen LogP contribution < -0.4 is 5.32 Å². The van der Waals surface area contributed by atoms with Crippen molar-refractivity contribution in [3.05, 3.63) is 41.4 Å². The number of amidine groups is 1. The summed E-state index contributed by atoms with van der Waals surface area (Å²) in [5, 5.41) is 23.9. The second-order valence-electron chi connectivity index (χ2n) is 10.5. The maximum atomic E-state index is 13.2. The Morgan fingerprint density at radius 3 is 2.65 bits per heavy atom. The summed E-state index contributed by atoms with van der Waals surface area (Å²) in [4.78, 5) is 17.7. The van der Waals surface area contributed by atoms with Crippen LogP contribution >= 0.6 is 0 Å². The second-order valence-corrected chi connectivity index (χ2v) is 12.3. The number of aliphatic hydroxyl groups is 2. The minimum absolute atomic E-state index is 0.0802. The predicted molar refractivity (Wildman–Crippen MR) is 143 cm³/mol. The Kier molecular flexibility index (Phi) is 7.53. The Morgan fingerprint density at radius 1 is 1.16 bits per heavy atom. The van der Waals surface area contributed by atoms with Gasteiger partial charge in [0.2, 0.25) is 10.0 Å². The highest BCUT2D eigenvalue weighted by molar-refractivity contribution is 7.92. The first-order valence-corrected chi connectivity index (χ1v) is 14.8. The molecule has 1 aromatic carbocycles. The third-order valence-corrected chi connectivity index (χ3v) is 9.65. The van der Waals surface area contributed by atoms with Crippen molar-refractivity contribution < 1.29 is 23.4 Å². The number of hydrogen-bond donors (Lipinski definition) is 3. The van der Waals surface area contributed by atoms with Gasteiger partial charge in [-0.1, -0.05) is 31.4 Å². The van der Waals surface area contributed by atoms with E-state index in [1.807, 2.05) is 35.0 Å². The molecule has 0 radical (unpaired) electrons. The van der Waals surface area contributed by atoms with Gasteiger partial charge in [-0.3, -0.25) is 9.79 Å². The predicted octanol–water partition coefficient (Wildman–Crippen LogP) is 2.63. The summed E-state index contributed by atoms with van der Waals surface area (Å²) in [5.74, 6) is 1.05. The molecule has 1 aromatic heterocycles. The smallest absolute Gasteiger partial charge is 0.253 e. The van der Waals surface area contributed by atoms with E-state index >= 15 is 0 Å². The number of aromatic nitrogens is 1. The van der Waals surface area contributed by atoms with Gasteiger partial charge in [-0.25, -0.2) is 8.42 Å². The number of carbonyl (C=O) groups excluding carboxylic acids is 1. The van der Waals surface area contributed by atoms with Crippen LogP contribution in [0, 0.1) is 5.92 Å². The number of aryl methyl sites for hydroxylation is 1. The summed E-state index contributed by atoms with van der Waals surface area (Å²) in [6, 6.07) is 7.62. The lowest BCUT2D eigenvalue weighted by molar-refractivity contribution is -0.125. The lowest BCUT2D eigenvalue weighted by Gasteiger charge is -2.34. The number of hydrogen-bond acceptors (Lipinski definition) is 6. The van der Waals surface area contributed by atoms with Crippen molar-refractivity contribution in [1.29, 1.82) is 0 Å². The average molecular weight is 529 g/mol. The van der Waals surface area contributed by atoms with Crippen LogP contribution in [0.2, 0.25) is 0 Å². The van der Waals surface area contributed by atoms with E-state index in [0.29, 0.717) is 31.7 Å². The number of benzene rings is 1. The van der Waals surface area contributed by atoms with E-state index < -0.39 is 21.7 Å². The maximum Gasteiger partial charge on any atom is 0.253 e. The number of nitrogens with one attached hydrogen (secondary N) is 1. The highest BCUT2D eigenvalue weighted by Gasteiger charge is 2.48. The molecule has 1 aliphatic carbocycles. The molecule has 3 heterocycles. The lowest BCUT2D eigenvalue weighted by Crippen LogP contribution is -2.50. The Hall–Kier alpha value is -2.53. The molecular formula is C27H36N4O5S. The van der Waals surface area contributed by atoms with Gasteiger partial charge in [0.15, 0.2) is 0 Å². The quantitative estimate of drug-likeness (QED) is 0.486. The molecule has 3 aliphatic rings. The Morgan fingerprint density at radius 2 is 1.92 bits per heavy atom. The first-order chi connectivity index (χ1) is 17.8. The minimum Gasteiger partial charge on any atom is -0.394 e. The van der Waals surface area contributed by atoms with Gasteiger partial charge in [0.25, 0.3) is 5.91 Å². The van der Waals surface area contributed by atoms with Crippen LogP contribution in [0.5, 0.6) is 0 Å². The molecule has 0 bridgehead atoms. The van der Waals surface area contributed by atoms with E-state index in [4.69, 9.17) is 10.1 Å². The molecule has 200 valence electrons. The van der Waals surface area contributed by atoms with E-state index in [9.17, 15) is 18.3 Å². The molecule has 1 saturated heterocycles. The first-order valence-electron chi connectivity index (χ1n) is 13.3. The third kappa shape index (κ3) is 5.38. The summed E-state index contributed by atoms with van der Waals surface area (Å²) in [6.45, 7) is 0.788. The average Bonchev–Trinajstić information content (AvgIpc) is 3.48. The highest BCUT2D eigenvalue weighted by atomic mass is 32.2. The molecule has 1 saturated carbocycles. The van der Waals surface area contributed by atoms with Crippen LogP contribution in [0.4, 0.5) is 0 Å². The normalized spacial score (nSPS) is 22.1. The van der Waals surface area contributed by atoms with Gasteiger partial charge in [-0.2, -0.15) is 4.31 Å². The van der Waals surface area contributed by atoms with Crippen LogP contribution in [0.25, 0.3) is 17.0 Å². The van der Waals surface area contributed by atoms with E-state index in [1.165, 1.54) is 16.1 Å². The van der Waals surface area contributed by atoms with Crippen molar-refractivity contribution >= 4 is 38.7 Å². The number of aliphatic hydroxyl groups excluding tert-OH is 2. The van der Waals surface area contributed by atoms with E-state index in [1.54, 1.807) is 6.08 Å². The molecule has 3 N–H and O–H groups in total. The van der Waals surface area contributed by atoms with Gasteiger partial charge in [-0.05, 0) is 55.9 Å². The lowest BCUT2D eigenvalue weighted by atomic mass is 9.88. The Labute approximate surface area is 217 Å². The minimum atomic E-state index is -3.66. The molecule has 2 fully saturated rings. The van der Waals surface area contributed by atoms with Crippen molar-refractivity contribution in [3.8, 4) is 0 Å². The first kappa shape index (κ1) is 26.1. The Bertz CT molecular complexity index is 1300. The fourth-order valence-electron chi connectivity index (χ4n) is 5.77. The maximum absolute atomic E-state index is 13.2. The van der Waals surface area contributed by atoms with Crippen molar-refractivity contribution in [3.63, 3.8) is 0 Å². The van der Waals surface area contributed by atoms with Gasteiger partial charge in [0.1, 0.15) is 11.4 Å². The van der Waals surface area contributed by atoms with Gasteiger partial charge < -0.3 is 20.1 Å². The van der Waals surface area contributed by atoms with Gasteiger partial charge >= 0.3 is 0 Å². The summed E-state index contributed by atoms with van der Waals surface area (Å²) in [6.07, 6.45) is 9.63. The molecule has 5 rings (SSSR count). The van der Waals surface area contributed by atoms with Crippen LogP contribution in [-0.4, -0.2) is 70.6 Å². The topological polar surface area (TPSA) is 124 Å². The van der Waals surface area contributed by atoms with Gasteiger partial charge in [0.05, 0.1) is 12.7 Å². The molecule has 1 amide bonds. The number of sulfonamides is 1. The fraction of sp³-hybridized carbons (Fsp3) is 0.556. The third-order valence-electron chi connectivity index (χ3n) is 8.08. The largest absolute Gasteiger partial charge is 0.394 e. The number of fused-ring (bicyclic) bond motifs is 1. The number of rotatable bonds is 8. The van der Waals surface area contributed by atoms with Crippen molar-refractivity contribution in [2.24, 2.45) is 10.9 Å². The zero-order chi connectivity index (χ0) is 26.0. The number of carbonyl (C=O) groups is 1. The van der Waals surface area contributed by atoms with Gasteiger partial charge in [-0.15, -0.1) is 0 Å². The summed E-state index contributed by atoms with van der Waals surface area (Å²) in [5.41, 5.74) is 0.886. The van der Waals surface area contributed by atoms with E-state index in [2.05, 4.69) is 5.32 Å². The van der Waals surface area contributed by atoms with Gasteiger partial charge in [0, 0.05) is 48.1 Å². The van der Waals surface area contributed by atoms with Crippen molar-refractivity contribution in [2.75, 3.05) is 19.7 Å². The number of aliphatic imine (C=N–C) groups is 1. The SMILES string of the molecule is O=C1NC(C2CCCCC2)=NC12CCN(S(=O)(=O)C=Cc1cccc3c1ccn3CCC(O)CO)CC2. The number of nitrogens with zero attached hydrogens (tertiary/aromatic N) is 3. The second kappa shape index (κ2) is 10.7. The standard InChI is InChI=1S/C27H36N4O5S/c32-19-22(33)9-14-30-15-10-23-20(7-4-8-24(23)30)11-18-37(35,36)31-16-12-27(13-17-31)26(34)28-25(29-27)21-5-2-1-3-6-21/h4,7-8,10-11,15,18,21-22,32-33H,1-3,5-6,9,12-14,16-17,19H2,(H,28,29,34). The molecular weight excluding hydrogens is 492 g/mol. The van der Waals surface area contributed by atoms with Crippen LogP contribution in [0.15, 0.2) is 40.9 Å². The molecule has 1 spiro atoms. The Balaban J connectivity index is 1.26. The molecule has 9 nitrogen and oxygen atoms in total. The summed E-state index contributed by atoms with van der Waals surface area (Å²) in [7, 11) is -3.66. The molecule has 10 heteroatoms. The summed E-state index contributed by atoms with van der Waals surface area (Å²) >= 11 is 0. The van der Waals surface area contributed by atoms with Crippen molar-refractivity contribution in [1.82, 2.24) is 14.2 Å². The molecule has 1 atom stereocenters. The fourth-order valence-corrected chi connectivity index (χ4v) is 6.96. The molecule has 37 heavy (non-hydrogen) atoms. The number of amides is 1.